The lowest BCUT2D eigenvalue weighted by atomic mass is 10.2. The van der Waals surface area contributed by atoms with Gasteiger partial charge in [-0.2, -0.15) is 0 Å². The van der Waals surface area contributed by atoms with Gasteiger partial charge in [-0.15, -0.1) is 0 Å². The zero-order valence-electron chi connectivity index (χ0n) is 5.70. The number of aromatic nitrogens is 1. The maximum atomic E-state index is 11.0. The van der Waals surface area contributed by atoms with E-state index >= 15 is 0 Å². The molecule has 0 unspecified atom stereocenters. The monoisotopic (exact) mass is 167 g/mol. The van der Waals surface area contributed by atoms with Crippen molar-refractivity contribution in [2.75, 3.05) is 0 Å². The molecule has 0 amide bonds. The summed E-state index contributed by atoms with van der Waals surface area (Å²) < 4.78 is 0. The highest BCUT2D eigenvalue weighted by molar-refractivity contribution is 6.27. The van der Waals surface area contributed by atoms with Gasteiger partial charge in [-0.05, 0) is 18.2 Å². The van der Waals surface area contributed by atoms with Crippen LogP contribution in [0.4, 0.5) is 0 Å². The molecule has 0 bridgehead atoms. The van der Waals surface area contributed by atoms with Crippen LogP contribution in [0.1, 0.15) is 10.4 Å². The van der Waals surface area contributed by atoms with Gasteiger partial charge in [0.05, 0.1) is 0 Å². The van der Waals surface area contributed by atoms with Crippen LogP contribution in [0.2, 0.25) is 0 Å². The molecule has 0 aliphatic carbocycles. The molecule has 3 heteroatoms. The molecule has 0 saturated heterocycles. The van der Waals surface area contributed by atoms with Gasteiger partial charge in [-0.25, -0.2) is 0 Å². The van der Waals surface area contributed by atoms with Crippen molar-refractivity contribution in [1.29, 1.82) is 0 Å². The van der Waals surface area contributed by atoms with E-state index in [0.29, 0.717) is 5.56 Å². The first kappa shape index (κ1) is 7.95. The van der Waals surface area contributed by atoms with Crippen molar-refractivity contribution >= 4 is 17.4 Å². The summed E-state index contributed by atoms with van der Waals surface area (Å²) >= 11 is 5.23. The predicted octanol–water partition coefficient (Wildman–Crippen LogP) is 2.02. The van der Waals surface area contributed by atoms with E-state index in [2.05, 4.69) is 4.98 Å². The zero-order chi connectivity index (χ0) is 8.10. The number of carbonyl (C=O) groups excluding carboxylic acids is 1. The molecule has 0 aromatic carbocycles. The quantitative estimate of drug-likeness (QED) is 0.498. The van der Waals surface area contributed by atoms with Crippen molar-refractivity contribution in [2.24, 2.45) is 0 Å². The Balaban J connectivity index is 2.86. The second-order valence-corrected chi connectivity index (χ2v) is 2.14. The van der Waals surface area contributed by atoms with Gasteiger partial charge < -0.3 is 0 Å². The highest BCUT2D eigenvalue weighted by atomic mass is 35.5. The lowest BCUT2D eigenvalue weighted by molar-refractivity contribution is 0.104. The molecule has 2 nitrogen and oxygen atoms in total. The second kappa shape index (κ2) is 3.88. The molecule has 0 atom stereocenters. The SMILES string of the molecule is O=C(/C=C/Cl)c1ccncc1. The Hall–Kier alpha value is -1.15. The minimum absolute atomic E-state index is 0.109. The Morgan fingerprint density at radius 1 is 1.45 bits per heavy atom. The van der Waals surface area contributed by atoms with Crippen molar-refractivity contribution in [3.05, 3.63) is 41.7 Å². The summed E-state index contributed by atoms with van der Waals surface area (Å²) in [6, 6.07) is 3.28. The van der Waals surface area contributed by atoms with Gasteiger partial charge in [-0.3, -0.25) is 9.78 Å². The number of rotatable bonds is 2. The largest absolute Gasteiger partial charge is 0.289 e. The van der Waals surface area contributed by atoms with Crippen LogP contribution < -0.4 is 0 Å². The smallest absolute Gasteiger partial charge is 0.186 e. The van der Waals surface area contributed by atoms with E-state index in [1.807, 2.05) is 0 Å². The molecule has 0 aliphatic rings. The van der Waals surface area contributed by atoms with E-state index in [-0.39, 0.29) is 5.78 Å². The van der Waals surface area contributed by atoms with E-state index in [9.17, 15) is 4.79 Å². The standard InChI is InChI=1S/C8H6ClNO/c9-4-1-8(11)7-2-5-10-6-3-7/h1-6H/b4-1+. The topological polar surface area (TPSA) is 30.0 Å². The Morgan fingerprint density at radius 3 is 2.64 bits per heavy atom. The molecule has 56 valence electrons. The van der Waals surface area contributed by atoms with Crippen molar-refractivity contribution in [2.45, 2.75) is 0 Å². The maximum Gasteiger partial charge on any atom is 0.186 e. The van der Waals surface area contributed by atoms with Crippen LogP contribution in [-0.2, 0) is 0 Å². The maximum absolute atomic E-state index is 11.0. The van der Waals surface area contributed by atoms with Crippen LogP contribution in [0.5, 0.6) is 0 Å². The van der Waals surface area contributed by atoms with Gasteiger partial charge in [-0.1, -0.05) is 11.6 Å². The summed E-state index contributed by atoms with van der Waals surface area (Å²) in [5.41, 5.74) is 1.79. The first-order chi connectivity index (χ1) is 5.34. The first-order valence-electron chi connectivity index (χ1n) is 3.05. The van der Waals surface area contributed by atoms with E-state index in [1.165, 1.54) is 11.6 Å². The highest BCUT2D eigenvalue weighted by Crippen LogP contribution is 1.98. The van der Waals surface area contributed by atoms with Crippen LogP contribution in [0.25, 0.3) is 0 Å². The van der Waals surface area contributed by atoms with Crippen molar-refractivity contribution in [3.8, 4) is 0 Å². The fraction of sp³-hybridized carbons (Fsp3) is 0. The molecule has 0 saturated carbocycles. The average molecular weight is 168 g/mol. The summed E-state index contributed by atoms with van der Waals surface area (Å²) in [4.78, 5) is 14.8. The number of halogens is 1. The highest BCUT2D eigenvalue weighted by Gasteiger charge is 1.97. The number of hydrogen-bond donors (Lipinski definition) is 0. The van der Waals surface area contributed by atoms with E-state index in [1.54, 1.807) is 24.5 Å². The van der Waals surface area contributed by atoms with Gasteiger partial charge >= 0.3 is 0 Å². The number of pyridine rings is 1. The average Bonchev–Trinajstić information content (AvgIpc) is 2.07. The Labute approximate surface area is 69.5 Å². The molecule has 0 N–H and O–H groups in total. The van der Waals surface area contributed by atoms with Crippen LogP contribution >= 0.6 is 11.6 Å². The lowest BCUT2D eigenvalue weighted by Gasteiger charge is -1.90. The van der Waals surface area contributed by atoms with Gasteiger partial charge in [0.1, 0.15) is 0 Å². The van der Waals surface area contributed by atoms with E-state index in [0.717, 1.165) is 0 Å². The van der Waals surface area contributed by atoms with Crippen molar-refractivity contribution < 1.29 is 4.79 Å². The molecule has 1 rings (SSSR count). The molecule has 0 spiro atoms. The molecule has 1 aromatic heterocycles. The third-order valence-corrected chi connectivity index (χ3v) is 1.31. The molecular formula is C8H6ClNO. The van der Waals surface area contributed by atoms with Gasteiger partial charge in [0.15, 0.2) is 5.78 Å². The summed E-state index contributed by atoms with van der Waals surface area (Å²) in [6.45, 7) is 0. The van der Waals surface area contributed by atoms with Crippen LogP contribution in [-0.4, -0.2) is 10.8 Å². The van der Waals surface area contributed by atoms with Crippen LogP contribution in [0.3, 0.4) is 0 Å². The third kappa shape index (κ3) is 2.16. The Bertz CT molecular complexity index is 269. The molecule has 0 radical (unpaired) electrons. The van der Waals surface area contributed by atoms with Gasteiger partial charge in [0, 0.05) is 23.5 Å². The molecule has 11 heavy (non-hydrogen) atoms. The zero-order valence-corrected chi connectivity index (χ0v) is 6.45. The summed E-state index contributed by atoms with van der Waals surface area (Å²) in [6.07, 6.45) is 4.43. The van der Waals surface area contributed by atoms with Crippen LogP contribution in [0, 0.1) is 0 Å². The third-order valence-electron chi connectivity index (χ3n) is 1.18. The van der Waals surface area contributed by atoms with Gasteiger partial charge in [0.2, 0.25) is 0 Å². The summed E-state index contributed by atoms with van der Waals surface area (Å²) in [5.74, 6) is -0.109. The molecule has 1 aromatic rings. The summed E-state index contributed by atoms with van der Waals surface area (Å²) in [5, 5.41) is 0. The van der Waals surface area contributed by atoms with Crippen LogP contribution in [0.15, 0.2) is 36.1 Å². The molecule has 0 fully saturated rings. The fourth-order valence-corrected chi connectivity index (χ4v) is 0.784. The number of nitrogens with zero attached hydrogens (tertiary/aromatic N) is 1. The number of allylic oxidation sites excluding steroid dienone is 1. The van der Waals surface area contributed by atoms with Crippen molar-refractivity contribution in [3.63, 3.8) is 0 Å². The Morgan fingerprint density at radius 2 is 2.09 bits per heavy atom. The predicted molar refractivity (Wildman–Crippen MR) is 43.6 cm³/mol. The van der Waals surface area contributed by atoms with Crippen molar-refractivity contribution in [1.82, 2.24) is 4.98 Å². The number of carbonyl (C=O) groups is 1. The molecule has 0 aliphatic heterocycles. The fourth-order valence-electron chi connectivity index (χ4n) is 0.670. The molecule has 1 heterocycles. The Kier molecular flexibility index (Phi) is 2.81. The number of hydrogen-bond acceptors (Lipinski definition) is 2. The van der Waals surface area contributed by atoms with Gasteiger partial charge in [0.25, 0.3) is 0 Å². The van der Waals surface area contributed by atoms with E-state index < -0.39 is 0 Å². The normalized spacial score (nSPS) is 10.3. The molecular weight excluding hydrogens is 162 g/mol. The first-order valence-corrected chi connectivity index (χ1v) is 3.49. The lowest BCUT2D eigenvalue weighted by Crippen LogP contribution is -1.92. The minimum atomic E-state index is -0.109. The number of ketones is 1. The summed E-state index contributed by atoms with van der Waals surface area (Å²) in [7, 11) is 0. The van der Waals surface area contributed by atoms with E-state index in [4.69, 9.17) is 11.6 Å². The second-order valence-electron chi connectivity index (χ2n) is 1.89. The minimum Gasteiger partial charge on any atom is -0.289 e.